The molecule has 0 fully saturated rings. The van der Waals surface area contributed by atoms with Crippen molar-refractivity contribution in [2.75, 3.05) is 0 Å². The minimum absolute atomic E-state index is 0.174. The van der Waals surface area contributed by atoms with Gasteiger partial charge in [-0.15, -0.1) is 0 Å². The number of hydrogen-bond acceptors (Lipinski definition) is 2. The van der Waals surface area contributed by atoms with Crippen molar-refractivity contribution in [2.24, 2.45) is 4.99 Å². The number of rotatable bonds is 2. The summed E-state index contributed by atoms with van der Waals surface area (Å²) in [6.45, 7) is 4.25. The fourth-order valence-electron chi connectivity index (χ4n) is 1.30. The maximum atomic E-state index is 12.5. The third-order valence-electron chi connectivity index (χ3n) is 2.20. The van der Waals surface area contributed by atoms with Crippen LogP contribution in [0.5, 0.6) is 0 Å². The zero-order chi connectivity index (χ0) is 13.2. The van der Waals surface area contributed by atoms with Gasteiger partial charge in [-0.2, -0.15) is 13.2 Å². The van der Waals surface area contributed by atoms with E-state index in [1.54, 1.807) is 26.0 Å². The van der Waals surface area contributed by atoms with Crippen LogP contribution in [0.25, 0.3) is 0 Å². The number of ketones is 1. The molecule has 1 aromatic carbocycles. The summed E-state index contributed by atoms with van der Waals surface area (Å²) in [6.07, 6.45) is -4.72. The first-order valence-electron chi connectivity index (χ1n) is 4.96. The van der Waals surface area contributed by atoms with Crippen LogP contribution in [0, 0.1) is 13.8 Å². The summed E-state index contributed by atoms with van der Waals surface area (Å²) in [5.41, 5.74) is 0.191. The van der Waals surface area contributed by atoms with Crippen molar-refractivity contribution >= 4 is 17.2 Å². The van der Waals surface area contributed by atoms with E-state index in [1.807, 2.05) is 0 Å². The molecule has 1 aromatic rings. The zero-order valence-corrected chi connectivity index (χ0v) is 9.72. The topological polar surface area (TPSA) is 29.4 Å². The fraction of sp³-hybridized carbons (Fsp3) is 0.333. The van der Waals surface area contributed by atoms with Gasteiger partial charge in [0.2, 0.25) is 0 Å². The number of Topliss-reactive ketones (excluding diaryl/α,β-unsaturated/α-hetero) is 1. The van der Waals surface area contributed by atoms with E-state index in [0.717, 1.165) is 12.5 Å². The van der Waals surface area contributed by atoms with Crippen LogP contribution in [-0.4, -0.2) is 17.7 Å². The molecule has 92 valence electrons. The Hall–Kier alpha value is -1.65. The second kappa shape index (κ2) is 4.69. The lowest BCUT2D eigenvalue weighted by molar-refractivity contribution is -0.115. The summed E-state index contributed by atoms with van der Waals surface area (Å²) in [5.74, 6) is -1.08. The van der Waals surface area contributed by atoms with Crippen molar-refractivity contribution < 1.29 is 18.0 Å². The lowest BCUT2D eigenvalue weighted by atomic mass is 10.1. The number of carbonyl (C=O) groups excluding carboxylic acids is 1. The molecule has 1 rings (SSSR count). The highest BCUT2D eigenvalue weighted by Gasteiger charge is 2.38. The van der Waals surface area contributed by atoms with Crippen LogP contribution in [0.2, 0.25) is 0 Å². The van der Waals surface area contributed by atoms with E-state index in [2.05, 4.69) is 4.99 Å². The van der Waals surface area contributed by atoms with Gasteiger partial charge >= 0.3 is 6.18 Å². The summed E-state index contributed by atoms with van der Waals surface area (Å²) < 4.78 is 37.6. The molecule has 0 atom stereocenters. The van der Waals surface area contributed by atoms with Crippen LogP contribution in [0.3, 0.4) is 0 Å². The van der Waals surface area contributed by atoms with Gasteiger partial charge in [0.05, 0.1) is 5.69 Å². The van der Waals surface area contributed by atoms with E-state index in [0.29, 0.717) is 5.56 Å². The number of hydrogen-bond donors (Lipinski definition) is 0. The monoisotopic (exact) mass is 243 g/mol. The Morgan fingerprint density at radius 1 is 1.24 bits per heavy atom. The highest BCUT2D eigenvalue weighted by molar-refractivity contribution is 6.41. The quantitative estimate of drug-likeness (QED) is 0.730. The van der Waals surface area contributed by atoms with E-state index in [9.17, 15) is 18.0 Å². The molecule has 0 radical (unpaired) electrons. The van der Waals surface area contributed by atoms with Crippen LogP contribution < -0.4 is 0 Å². The smallest absolute Gasteiger partial charge is 0.293 e. The second-order valence-electron chi connectivity index (χ2n) is 3.80. The molecule has 0 aliphatic heterocycles. The van der Waals surface area contributed by atoms with Crippen LogP contribution >= 0.6 is 0 Å². The van der Waals surface area contributed by atoms with Gasteiger partial charge in [-0.1, -0.05) is 12.1 Å². The SMILES string of the molecule is CC(=O)C(=Nc1cc(C)ccc1C)C(F)(F)F. The molecule has 0 N–H and O–H groups in total. The summed E-state index contributed by atoms with van der Waals surface area (Å²) >= 11 is 0. The Morgan fingerprint density at radius 2 is 1.82 bits per heavy atom. The van der Waals surface area contributed by atoms with Gasteiger partial charge in [0.15, 0.2) is 11.5 Å². The maximum absolute atomic E-state index is 12.5. The number of carbonyl (C=O) groups is 1. The molecule has 0 aliphatic rings. The van der Waals surface area contributed by atoms with E-state index >= 15 is 0 Å². The van der Waals surface area contributed by atoms with Gasteiger partial charge in [0.1, 0.15) is 0 Å². The predicted molar refractivity (Wildman–Crippen MR) is 59.7 cm³/mol. The number of benzene rings is 1. The Kier molecular flexibility index (Phi) is 3.70. The van der Waals surface area contributed by atoms with Crippen molar-refractivity contribution in [2.45, 2.75) is 26.9 Å². The van der Waals surface area contributed by atoms with E-state index in [1.165, 1.54) is 6.07 Å². The van der Waals surface area contributed by atoms with Crippen molar-refractivity contribution in [3.05, 3.63) is 29.3 Å². The molecular weight excluding hydrogens is 231 g/mol. The molecule has 0 amide bonds. The molecule has 0 saturated heterocycles. The predicted octanol–water partition coefficient (Wildman–Crippen LogP) is 3.53. The van der Waals surface area contributed by atoms with Gasteiger partial charge in [0, 0.05) is 6.92 Å². The number of aryl methyl sites for hydroxylation is 2. The number of aliphatic imine (C=N–C) groups is 1. The average Bonchev–Trinajstić information content (AvgIpc) is 2.17. The van der Waals surface area contributed by atoms with Gasteiger partial charge in [-0.3, -0.25) is 4.79 Å². The molecule has 0 saturated carbocycles. The van der Waals surface area contributed by atoms with Gasteiger partial charge < -0.3 is 0 Å². The van der Waals surface area contributed by atoms with E-state index < -0.39 is 17.7 Å². The molecule has 0 aliphatic carbocycles. The van der Waals surface area contributed by atoms with Crippen molar-refractivity contribution in [1.29, 1.82) is 0 Å². The Morgan fingerprint density at radius 3 is 2.29 bits per heavy atom. The Bertz CT molecular complexity index is 475. The molecule has 5 heteroatoms. The van der Waals surface area contributed by atoms with Crippen molar-refractivity contribution in [3.8, 4) is 0 Å². The van der Waals surface area contributed by atoms with Gasteiger partial charge in [-0.25, -0.2) is 4.99 Å². The Labute approximate surface area is 97.2 Å². The summed E-state index contributed by atoms with van der Waals surface area (Å²) in [5, 5.41) is 0. The molecule has 2 nitrogen and oxygen atoms in total. The molecule has 17 heavy (non-hydrogen) atoms. The van der Waals surface area contributed by atoms with Gasteiger partial charge in [-0.05, 0) is 31.0 Å². The molecular formula is C12H12F3NO. The zero-order valence-electron chi connectivity index (χ0n) is 9.72. The largest absolute Gasteiger partial charge is 0.436 e. The lowest BCUT2D eigenvalue weighted by Crippen LogP contribution is -2.29. The Balaban J connectivity index is 3.32. The summed E-state index contributed by atoms with van der Waals surface area (Å²) in [7, 11) is 0. The van der Waals surface area contributed by atoms with Crippen LogP contribution in [0.1, 0.15) is 18.1 Å². The third kappa shape index (κ3) is 3.41. The summed E-state index contributed by atoms with van der Waals surface area (Å²) in [6, 6.07) is 4.96. The fourth-order valence-corrected chi connectivity index (χ4v) is 1.30. The molecule has 0 spiro atoms. The standard InChI is InChI=1S/C12H12F3NO/c1-7-4-5-8(2)10(6-7)16-11(9(3)17)12(13,14)15/h4-6H,1-3H3. The first-order valence-corrected chi connectivity index (χ1v) is 4.96. The third-order valence-corrected chi connectivity index (χ3v) is 2.20. The first-order chi connectivity index (χ1) is 7.71. The van der Waals surface area contributed by atoms with Crippen LogP contribution in [-0.2, 0) is 4.79 Å². The number of halogens is 3. The maximum Gasteiger partial charge on any atom is 0.436 e. The highest BCUT2D eigenvalue weighted by Crippen LogP contribution is 2.25. The van der Waals surface area contributed by atoms with E-state index in [4.69, 9.17) is 0 Å². The molecule has 0 unspecified atom stereocenters. The van der Waals surface area contributed by atoms with Crippen LogP contribution in [0.4, 0.5) is 18.9 Å². The lowest BCUT2D eigenvalue weighted by Gasteiger charge is -2.08. The summed E-state index contributed by atoms with van der Waals surface area (Å²) in [4.78, 5) is 14.4. The van der Waals surface area contributed by atoms with Crippen molar-refractivity contribution in [3.63, 3.8) is 0 Å². The normalized spacial score (nSPS) is 12.7. The van der Waals surface area contributed by atoms with Gasteiger partial charge in [0.25, 0.3) is 0 Å². The average molecular weight is 243 g/mol. The highest BCUT2D eigenvalue weighted by atomic mass is 19.4. The second-order valence-corrected chi connectivity index (χ2v) is 3.80. The minimum Gasteiger partial charge on any atom is -0.293 e. The molecule has 0 heterocycles. The minimum atomic E-state index is -4.72. The van der Waals surface area contributed by atoms with E-state index in [-0.39, 0.29) is 5.69 Å². The number of nitrogens with zero attached hydrogens (tertiary/aromatic N) is 1. The van der Waals surface area contributed by atoms with Crippen molar-refractivity contribution in [1.82, 2.24) is 0 Å². The number of alkyl halides is 3. The molecule has 0 bridgehead atoms. The molecule has 0 aromatic heterocycles. The van der Waals surface area contributed by atoms with Crippen LogP contribution in [0.15, 0.2) is 23.2 Å². The first kappa shape index (κ1) is 13.4.